The van der Waals surface area contributed by atoms with Gasteiger partial charge in [-0.25, -0.2) is 0 Å². The molecule has 1 atom stereocenters. The lowest BCUT2D eigenvalue weighted by atomic mass is 10.1. The second-order valence-electron chi connectivity index (χ2n) is 3.68. The molecule has 15 heavy (non-hydrogen) atoms. The van der Waals surface area contributed by atoms with E-state index in [0.717, 1.165) is 12.0 Å². The molecule has 0 aliphatic carbocycles. The predicted molar refractivity (Wildman–Crippen MR) is 57.7 cm³/mol. The van der Waals surface area contributed by atoms with Crippen LogP contribution in [0.25, 0.3) is 0 Å². The van der Waals surface area contributed by atoms with E-state index < -0.39 is 12.0 Å². The number of aliphatic carboxylic acids is 1. The molecular formula is C12H13NO2. The highest BCUT2D eigenvalue weighted by Crippen LogP contribution is 2.12. The van der Waals surface area contributed by atoms with E-state index in [2.05, 4.69) is 17.4 Å². The van der Waals surface area contributed by atoms with E-state index in [1.54, 1.807) is 6.08 Å². The molecule has 0 aromatic heterocycles. The van der Waals surface area contributed by atoms with E-state index in [1.165, 1.54) is 5.56 Å². The molecule has 0 saturated heterocycles. The molecule has 0 bridgehead atoms. The van der Waals surface area contributed by atoms with Gasteiger partial charge >= 0.3 is 5.97 Å². The predicted octanol–water partition coefficient (Wildman–Crippen LogP) is 1.21. The summed E-state index contributed by atoms with van der Waals surface area (Å²) < 4.78 is 0. The average Bonchev–Trinajstić information content (AvgIpc) is 2.68. The first kappa shape index (κ1) is 9.93. The molecule has 0 spiro atoms. The van der Waals surface area contributed by atoms with Crippen LogP contribution in [0.1, 0.15) is 5.56 Å². The Labute approximate surface area is 88.4 Å². The van der Waals surface area contributed by atoms with Crippen molar-refractivity contribution in [1.29, 1.82) is 0 Å². The van der Waals surface area contributed by atoms with Crippen LogP contribution in [0.4, 0.5) is 0 Å². The van der Waals surface area contributed by atoms with Crippen LogP contribution in [0, 0.1) is 0 Å². The summed E-state index contributed by atoms with van der Waals surface area (Å²) in [5, 5.41) is 11.7. The third-order valence-corrected chi connectivity index (χ3v) is 2.49. The fraction of sp³-hybridized carbons (Fsp3) is 0.250. The van der Waals surface area contributed by atoms with E-state index in [0.29, 0.717) is 6.54 Å². The number of hydrogen-bond donors (Lipinski definition) is 2. The second kappa shape index (κ2) is 4.28. The van der Waals surface area contributed by atoms with Gasteiger partial charge in [0.15, 0.2) is 0 Å². The van der Waals surface area contributed by atoms with Crippen molar-refractivity contribution in [3.63, 3.8) is 0 Å². The summed E-state index contributed by atoms with van der Waals surface area (Å²) in [6, 6.07) is 9.55. The number of carboxylic acid groups (broad SMARTS) is 1. The van der Waals surface area contributed by atoms with Gasteiger partial charge in [-0.05, 0) is 12.0 Å². The van der Waals surface area contributed by atoms with Gasteiger partial charge in [-0.2, -0.15) is 0 Å². The number of carbonyl (C=O) groups is 1. The fourth-order valence-corrected chi connectivity index (χ4v) is 1.73. The average molecular weight is 203 g/mol. The first-order chi connectivity index (χ1) is 7.25. The second-order valence-corrected chi connectivity index (χ2v) is 3.68. The molecule has 0 fully saturated rings. The van der Waals surface area contributed by atoms with Gasteiger partial charge in [0.25, 0.3) is 0 Å². The number of carboxylic acids is 1. The van der Waals surface area contributed by atoms with Crippen LogP contribution in [0.2, 0.25) is 0 Å². The van der Waals surface area contributed by atoms with Crippen LogP contribution in [-0.2, 0) is 11.2 Å². The Hall–Kier alpha value is -1.61. The van der Waals surface area contributed by atoms with Crippen LogP contribution < -0.4 is 5.32 Å². The minimum atomic E-state index is -0.807. The molecule has 0 unspecified atom stereocenters. The first-order valence-corrected chi connectivity index (χ1v) is 4.95. The van der Waals surface area contributed by atoms with Gasteiger partial charge in [0.05, 0.1) is 0 Å². The van der Waals surface area contributed by atoms with Crippen molar-refractivity contribution in [3.05, 3.63) is 47.5 Å². The number of hydrogen-bond acceptors (Lipinski definition) is 2. The molecule has 2 N–H and O–H groups in total. The Morgan fingerprint density at radius 2 is 2.13 bits per heavy atom. The van der Waals surface area contributed by atoms with Crippen LogP contribution in [0.3, 0.4) is 0 Å². The lowest BCUT2D eigenvalue weighted by Crippen LogP contribution is -2.30. The van der Waals surface area contributed by atoms with Gasteiger partial charge in [-0.3, -0.25) is 10.1 Å². The SMILES string of the molecule is O=C(O)[C@@H]1C=C(Cc2ccccc2)CN1. The Balaban J connectivity index is 2.03. The highest BCUT2D eigenvalue weighted by atomic mass is 16.4. The summed E-state index contributed by atoms with van der Waals surface area (Å²) in [4.78, 5) is 10.7. The van der Waals surface area contributed by atoms with E-state index in [4.69, 9.17) is 5.11 Å². The maximum atomic E-state index is 10.7. The number of nitrogens with one attached hydrogen (secondary N) is 1. The summed E-state index contributed by atoms with van der Waals surface area (Å²) >= 11 is 0. The normalized spacial score (nSPS) is 20.0. The lowest BCUT2D eigenvalue weighted by Gasteiger charge is -2.01. The van der Waals surface area contributed by atoms with E-state index in [1.807, 2.05) is 18.2 Å². The minimum absolute atomic E-state index is 0.510. The maximum absolute atomic E-state index is 10.7. The van der Waals surface area contributed by atoms with Crippen molar-refractivity contribution in [2.24, 2.45) is 0 Å². The van der Waals surface area contributed by atoms with Gasteiger partial charge in [-0.1, -0.05) is 42.0 Å². The van der Waals surface area contributed by atoms with Crippen molar-refractivity contribution in [2.45, 2.75) is 12.5 Å². The number of benzene rings is 1. The molecule has 2 rings (SSSR count). The zero-order chi connectivity index (χ0) is 10.7. The highest BCUT2D eigenvalue weighted by Gasteiger charge is 2.20. The Bertz CT molecular complexity index is 384. The monoisotopic (exact) mass is 203 g/mol. The molecule has 3 nitrogen and oxygen atoms in total. The molecule has 3 heteroatoms. The molecule has 1 aromatic rings. The zero-order valence-corrected chi connectivity index (χ0v) is 8.31. The van der Waals surface area contributed by atoms with Gasteiger partial charge in [0, 0.05) is 6.54 Å². The summed E-state index contributed by atoms with van der Waals surface area (Å²) in [6.45, 7) is 0.672. The van der Waals surface area contributed by atoms with Crippen molar-refractivity contribution < 1.29 is 9.90 Å². The number of rotatable bonds is 3. The first-order valence-electron chi connectivity index (χ1n) is 4.95. The van der Waals surface area contributed by atoms with Gasteiger partial charge < -0.3 is 5.11 Å². The van der Waals surface area contributed by atoms with Gasteiger partial charge in [-0.15, -0.1) is 0 Å². The van der Waals surface area contributed by atoms with Crippen LogP contribution >= 0.6 is 0 Å². The fourth-order valence-electron chi connectivity index (χ4n) is 1.73. The van der Waals surface area contributed by atoms with Crippen molar-refractivity contribution in [2.75, 3.05) is 6.54 Å². The summed E-state index contributed by atoms with van der Waals surface area (Å²) in [7, 11) is 0. The molecule has 0 radical (unpaired) electrons. The molecule has 1 aliphatic heterocycles. The molecule has 1 heterocycles. The highest BCUT2D eigenvalue weighted by molar-refractivity contribution is 5.76. The van der Waals surface area contributed by atoms with Crippen LogP contribution in [-0.4, -0.2) is 23.7 Å². The van der Waals surface area contributed by atoms with Gasteiger partial charge in [0.2, 0.25) is 0 Å². The summed E-state index contributed by atoms with van der Waals surface area (Å²) in [5.74, 6) is -0.807. The quantitative estimate of drug-likeness (QED) is 0.726. The van der Waals surface area contributed by atoms with Crippen LogP contribution in [0.15, 0.2) is 42.0 Å². The molecular weight excluding hydrogens is 190 g/mol. The Morgan fingerprint density at radius 1 is 1.40 bits per heavy atom. The molecule has 78 valence electrons. The molecule has 1 aliphatic rings. The lowest BCUT2D eigenvalue weighted by molar-refractivity contribution is -0.137. The topological polar surface area (TPSA) is 49.3 Å². The smallest absolute Gasteiger partial charge is 0.324 e. The Kier molecular flexibility index (Phi) is 2.83. The molecule has 0 amide bonds. The Morgan fingerprint density at radius 3 is 2.73 bits per heavy atom. The standard InChI is InChI=1S/C12H13NO2/c14-12(15)11-7-10(8-13-11)6-9-4-2-1-3-5-9/h1-5,7,11,13H,6,8H2,(H,14,15)/t11-/m0/s1. The largest absolute Gasteiger partial charge is 0.480 e. The molecule has 0 saturated carbocycles. The maximum Gasteiger partial charge on any atom is 0.324 e. The minimum Gasteiger partial charge on any atom is -0.480 e. The van der Waals surface area contributed by atoms with Crippen molar-refractivity contribution in [3.8, 4) is 0 Å². The van der Waals surface area contributed by atoms with E-state index in [9.17, 15) is 4.79 Å². The summed E-state index contributed by atoms with van der Waals surface area (Å²) in [5.41, 5.74) is 2.37. The van der Waals surface area contributed by atoms with Crippen molar-refractivity contribution in [1.82, 2.24) is 5.32 Å². The third kappa shape index (κ3) is 2.44. The van der Waals surface area contributed by atoms with Crippen LogP contribution in [0.5, 0.6) is 0 Å². The van der Waals surface area contributed by atoms with E-state index >= 15 is 0 Å². The van der Waals surface area contributed by atoms with Crippen molar-refractivity contribution >= 4 is 5.97 Å². The zero-order valence-electron chi connectivity index (χ0n) is 8.31. The summed E-state index contributed by atoms with van der Waals surface area (Å²) in [6.07, 6.45) is 2.63. The molecule has 1 aromatic carbocycles. The third-order valence-electron chi connectivity index (χ3n) is 2.49. The van der Waals surface area contributed by atoms with E-state index in [-0.39, 0.29) is 0 Å². The van der Waals surface area contributed by atoms with Gasteiger partial charge in [0.1, 0.15) is 6.04 Å².